The summed E-state index contributed by atoms with van der Waals surface area (Å²) in [5.74, 6) is -0.244. The lowest BCUT2D eigenvalue weighted by atomic mass is 9.74. The molecule has 21 heavy (non-hydrogen) atoms. The molecule has 0 spiro atoms. The lowest BCUT2D eigenvalue weighted by molar-refractivity contribution is -0.152. The number of carboxylic acids is 1. The van der Waals surface area contributed by atoms with Crippen LogP contribution in [0.1, 0.15) is 32.1 Å². The maximum absolute atomic E-state index is 11.8. The van der Waals surface area contributed by atoms with Crippen LogP contribution in [0.4, 0.5) is 0 Å². The summed E-state index contributed by atoms with van der Waals surface area (Å²) in [4.78, 5) is 11.8. The summed E-state index contributed by atoms with van der Waals surface area (Å²) in [5, 5.41) is 25.6. The Morgan fingerprint density at radius 1 is 1.38 bits per heavy atom. The predicted molar refractivity (Wildman–Crippen MR) is 73.2 cm³/mol. The van der Waals surface area contributed by atoms with E-state index in [1.165, 1.54) is 0 Å². The van der Waals surface area contributed by atoms with Crippen LogP contribution >= 0.6 is 0 Å². The van der Waals surface area contributed by atoms with Gasteiger partial charge in [0.2, 0.25) is 5.82 Å². The molecule has 0 unspecified atom stereocenters. The summed E-state index contributed by atoms with van der Waals surface area (Å²) in [6.07, 6.45) is 6.12. The zero-order valence-corrected chi connectivity index (χ0v) is 11.9. The van der Waals surface area contributed by atoms with Crippen LogP contribution in [0, 0.1) is 5.41 Å². The molecule has 0 aliphatic heterocycles. The lowest BCUT2D eigenvalue weighted by Crippen LogP contribution is -2.38. The van der Waals surface area contributed by atoms with Gasteiger partial charge in [0.1, 0.15) is 5.69 Å². The maximum atomic E-state index is 11.8. The average molecular weight is 290 g/mol. The van der Waals surface area contributed by atoms with E-state index in [4.69, 9.17) is 0 Å². The van der Waals surface area contributed by atoms with E-state index in [0.29, 0.717) is 30.9 Å². The molecule has 1 aliphatic carbocycles. The first kappa shape index (κ1) is 13.7. The van der Waals surface area contributed by atoms with Gasteiger partial charge in [-0.1, -0.05) is 19.3 Å². The summed E-state index contributed by atoms with van der Waals surface area (Å²) in [7, 11) is 1.82. The highest BCUT2D eigenvalue weighted by atomic mass is 16.4. The molecule has 0 saturated heterocycles. The Morgan fingerprint density at radius 2 is 2.14 bits per heavy atom. The molecule has 0 aromatic carbocycles. The number of aryl methyl sites for hydroxylation is 1. The van der Waals surface area contributed by atoms with Gasteiger partial charge in [-0.15, -0.1) is 5.10 Å². The molecule has 2 aromatic rings. The number of hydrogen-bond donors (Lipinski definition) is 1. The molecule has 0 radical (unpaired) electrons. The molecule has 112 valence electrons. The number of nitrogens with zero attached hydrogens (tertiary/aromatic N) is 6. The van der Waals surface area contributed by atoms with Gasteiger partial charge in [0.05, 0.1) is 12.0 Å². The minimum Gasteiger partial charge on any atom is -0.481 e. The third-order valence-corrected chi connectivity index (χ3v) is 4.19. The zero-order valence-electron chi connectivity index (χ0n) is 11.9. The van der Waals surface area contributed by atoms with Crippen molar-refractivity contribution in [2.24, 2.45) is 12.5 Å². The Labute approximate surface area is 121 Å². The Hall–Kier alpha value is -2.25. The Morgan fingerprint density at radius 3 is 2.76 bits per heavy atom. The molecule has 1 fully saturated rings. The summed E-state index contributed by atoms with van der Waals surface area (Å²) in [6, 6.07) is 1.82. The van der Waals surface area contributed by atoms with Crippen LogP contribution in [0.15, 0.2) is 12.3 Å². The highest BCUT2D eigenvalue weighted by Crippen LogP contribution is 2.38. The van der Waals surface area contributed by atoms with Crippen molar-refractivity contribution in [3.05, 3.63) is 12.3 Å². The largest absolute Gasteiger partial charge is 0.481 e. The van der Waals surface area contributed by atoms with Crippen molar-refractivity contribution in [3.63, 3.8) is 0 Å². The smallest absolute Gasteiger partial charge is 0.311 e. The number of carbonyl (C=O) groups is 1. The van der Waals surface area contributed by atoms with E-state index in [0.717, 1.165) is 19.3 Å². The molecule has 1 N–H and O–H groups in total. The molecule has 0 atom stereocenters. The van der Waals surface area contributed by atoms with Crippen LogP contribution in [-0.4, -0.2) is 41.1 Å². The normalized spacial score (nSPS) is 17.8. The highest BCUT2D eigenvalue weighted by molar-refractivity contribution is 5.74. The first-order chi connectivity index (χ1) is 10.1. The van der Waals surface area contributed by atoms with Crippen molar-refractivity contribution < 1.29 is 9.90 Å². The first-order valence-electron chi connectivity index (χ1n) is 7.10. The van der Waals surface area contributed by atoms with Gasteiger partial charge < -0.3 is 5.11 Å². The summed E-state index contributed by atoms with van der Waals surface area (Å²) in [5.41, 5.74) is -0.115. The van der Waals surface area contributed by atoms with E-state index in [-0.39, 0.29) is 0 Å². The maximum Gasteiger partial charge on any atom is 0.311 e. The van der Waals surface area contributed by atoms with Crippen molar-refractivity contribution in [2.75, 3.05) is 0 Å². The number of hydrogen-bond acceptors (Lipinski definition) is 5. The number of tetrazole rings is 1. The van der Waals surface area contributed by atoms with Gasteiger partial charge in [0, 0.05) is 13.2 Å². The van der Waals surface area contributed by atoms with Crippen LogP contribution in [0.5, 0.6) is 0 Å². The molecule has 2 aromatic heterocycles. The number of carboxylic acid groups (broad SMARTS) is 1. The van der Waals surface area contributed by atoms with Gasteiger partial charge >= 0.3 is 5.97 Å². The van der Waals surface area contributed by atoms with Gasteiger partial charge in [-0.2, -0.15) is 5.10 Å². The molecule has 8 heteroatoms. The van der Waals surface area contributed by atoms with Crippen LogP contribution < -0.4 is 0 Å². The Kier molecular flexibility index (Phi) is 3.44. The topological polar surface area (TPSA) is 98.7 Å². The second-order valence-electron chi connectivity index (χ2n) is 5.68. The third kappa shape index (κ3) is 2.53. The molecular formula is C13H18N6O2. The average Bonchev–Trinajstić information content (AvgIpc) is 3.08. The summed E-state index contributed by atoms with van der Waals surface area (Å²) in [6.45, 7) is 0.293. The standard InChI is InChI=1S/C13H18N6O2/c1-18-8-5-10(15-18)11-14-16-17-19(11)9-13(12(20)21)6-3-2-4-7-13/h5,8H,2-4,6-7,9H2,1H3,(H,20,21). The summed E-state index contributed by atoms with van der Waals surface area (Å²) < 4.78 is 3.24. The lowest BCUT2D eigenvalue weighted by Gasteiger charge is -2.32. The second-order valence-corrected chi connectivity index (χ2v) is 5.68. The molecular weight excluding hydrogens is 272 g/mol. The minimum atomic E-state index is -0.767. The molecule has 0 amide bonds. The van der Waals surface area contributed by atoms with Crippen LogP contribution in [0.25, 0.3) is 11.5 Å². The quantitative estimate of drug-likeness (QED) is 0.905. The van der Waals surface area contributed by atoms with E-state index in [1.807, 2.05) is 19.3 Å². The Balaban J connectivity index is 1.91. The number of rotatable bonds is 4. The van der Waals surface area contributed by atoms with Crippen molar-refractivity contribution in [1.82, 2.24) is 30.0 Å². The first-order valence-corrected chi connectivity index (χ1v) is 7.10. The van der Waals surface area contributed by atoms with Gasteiger partial charge in [0.15, 0.2) is 0 Å². The fourth-order valence-electron chi connectivity index (χ4n) is 2.98. The van der Waals surface area contributed by atoms with E-state index >= 15 is 0 Å². The van der Waals surface area contributed by atoms with E-state index in [1.54, 1.807) is 9.36 Å². The van der Waals surface area contributed by atoms with Crippen LogP contribution in [-0.2, 0) is 18.4 Å². The van der Waals surface area contributed by atoms with Gasteiger partial charge in [0.25, 0.3) is 0 Å². The van der Waals surface area contributed by atoms with Crippen molar-refractivity contribution in [1.29, 1.82) is 0 Å². The van der Waals surface area contributed by atoms with Crippen molar-refractivity contribution in [2.45, 2.75) is 38.6 Å². The second kappa shape index (κ2) is 5.27. The van der Waals surface area contributed by atoms with E-state index in [2.05, 4.69) is 20.6 Å². The SMILES string of the molecule is Cn1ccc(-c2nnnn2CC2(C(=O)O)CCCCC2)n1. The predicted octanol–water partition coefficient (Wildman–Crippen LogP) is 1.11. The zero-order chi connectivity index (χ0) is 14.9. The fraction of sp³-hybridized carbons (Fsp3) is 0.615. The van der Waals surface area contributed by atoms with Gasteiger partial charge in [-0.25, -0.2) is 4.68 Å². The molecule has 1 aliphatic rings. The van der Waals surface area contributed by atoms with Crippen LogP contribution in [0.3, 0.4) is 0 Å². The van der Waals surface area contributed by atoms with Gasteiger partial charge in [-0.05, 0) is 29.3 Å². The monoisotopic (exact) mass is 290 g/mol. The van der Waals surface area contributed by atoms with E-state index < -0.39 is 11.4 Å². The molecule has 3 rings (SSSR count). The molecule has 1 saturated carbocycles. The van der Waals surface area contributed by atoms with Crippen LogP contribution in [0.2, 0.25) is 0 Å². The minimum absolute atomic E-state index is 0.293. The highest BCUT2D eigenvalue weighted by Gasteiger charge is 2.41. The molecule has 0 bridgehead atoms. The number of aliphatic carboxylic acids is 1. The summed E-state index contributed by atoms with van der Waals surface area (Å²) >= 11 is 0. The molecule has 2 heterocycles. The van der Waals surface area contributed by atoms with E-state index in [9.17, 15) is 9.90 Å². The Bertz CT molecular complexity index is 641. The molecule has 8 nitrogen and oxygen atoms in total. The number of aromatic nitrogens is 6. The van der Waals surface area contributed by atoms with Crippen molar-refractivity contribution >= 4 is 5.97 Å². The fourth-order valence-corrected chi connectivity index (χ4v) is 2.98. The van der Waals surface area contributed by atoms with Crippen molar-refractivity contribution in [3.8, 4) is 11.5 Å². The van der Waals surface area contributed by atoms with Gasteiger partial charge in [-0.3, -0.25) is 9.48 Å². The third-order valence-electron chi connectivity index (χ3n) is 4.19.